The van der Waals surface area contributed by atoms with Gasteiger partial charge in [0.1, 0.15) is 0 Å². The zero-order valence-electron chi connectivity index (χ0n) is 9.94. The topological polar surface area (TPSA) is 32.7 Å². The van der Waals surface area contributed by atoms with Crippen molar-refractivity contribution in [3.63, 3.8) is 0 Å². The second-order valence-corrected chi connectivity index (χ2v) is 4.71. The minimum absolute atomic E-state index is 0.760. The van der Waals surface area contributed by atoms with E-state index < -0.39 is 5.60 Å². The number of hydrogen-bond donors (Lipinski definition) is 1. The van der Waals surface area contributed by atoms with Crippen LogP contribution in [0.1, 0.15) is 19.4 Å². The first-order valence-electron chi connectivity index (χ1n) is 5.73. The summed E-state index contributed by atoms with van der Waals surface area (Å²) in [6.07, 6.45) is 0. The van der Waals surface area contributed by atoms with Crippen LogP contribution in [0, 0.1) is 0 Å². The standard InChI is InChI=1S/C13H19NO2/c1-13(2,15)11-3-5-12(6-4-11)14-7-9-16-10-8-14/h3-6,15H,7-10H2,1-2H3. The fourth-order valence-electron chi connectivity index (χ4n) is 1.90. The molecule has 0 saturated carbocycles. The first kappa shape index (κ1) is 11.4. The van der Waals surface area contributed by atoms with Crippen LogP contribution >= 0.6 is 0 Å². The smallest absolute Gasteiger partial charge is 0.0840 e. The van der Waals surface area contributed by atoms with E-state index in [0.29, 0.717) is 0 Å². The van der Waals surface area contributed by atoms with E-state index in [-0.39, 0.29) is 0 Å². The molecule has 0 aliphatic carbocycles. The first-order chi connectivity index (χ1) is 7.57. The van der Waals surface area contributed by atoms with Gasteiger partial charge in [0.25, 0.3) is 0 Å². The van der Waals surface area contributed by atoms with Crippen molar-refractivity contribution in [1.29, 1.82) is 0 Å². The first-order valence-corrected chi connectivity index (χ1v) is 5.73. The van der Waals surface area contributed by atoms with Crippen molar-refractivity contribution < 1.29 is 9.84 Å². The molecule has 1 fully saturated rings. The Bertz CT molecular complexity index is 334. The molecule has 0 atom stereocenters. The monoisotopic (exact) mass is 221 g/mol. The highest BCUT2D eigenvalue weighted by atomic mass is 16.5. The third-order valence-corrected chi connectivity index (χ3v) is 2.95. The largest absolute Gasteiger partial charge is 0.386 e. The lowest BCUT2D eigenvalue weighted by molar-refractivity contribution is 0.0786. The lowest BCUT2D eigenvalue weighted by Gasteiger charge is -2.29. The highest BCUT2D eigenvalue weighted by Gasteiger charge is 2.16. The molecule has 0 amide bonds. The number of anilines is 1. The van der Waals surface area contributed by atoms with Gasteiger partial charge in [0.2, 0.25) is 0 Å². The Labute approximate surface area is 96.6 Å². The zero-order valence-corrected chi connectivity index (χ0v) is 9.94. The van der Waals surface area contributed by atoms with Crippen LogP contribution in [0.25, 0.3) is 0 Å². The van der Waals surface area contributed by atoms with Crippen LogP contribution in [0.5, 0.6) is 0 Å². The van der Waals surface area contributed by atoms with E-state index in [1.165, 1.54) is 5.69 Å². The quantitative estimate of drug-likeness (QED) is 0.826. The van der Waals surface area contributed by atoms with Crippen LogP contribution < -0.4 is 4.90 Å². The summed E-state index contributed by atoms with van der Waals surface area (Å²) in [4.78, 5) is 2.30. The second kappa shape index (κ2) is 4.44. The van der Waals surface area contributed by atoms with Gasteiger partial charge in [0, 0.05) is 18.8 Å². The van der Waals surface area contributed by atoms with Gasteiger partial charge in [-0.1, -0.05) is 12.1 Å². The lowest BCUT2D eigenvalue weighted by atomic mass is 9.98. The Morgan fingerprint density at radius 1 is 1.12 bits per heavy atom. The minimum Gasteiger partial charge on any atom is -0.386 e. The van der Waals surface area contributed by atoms with E-state index in [0.717, 1.165) is 31.9 Å². The molecule has 3 nitrogen and oxygen atoms in total. The van der Waals surface area contributed by atoms with Gasteiger partial charge in [0.05, 0.1) is 18.8 Å². The fraction of sp³-hybridized carbons (Fsp3) is 0.538. The number of rotatable bonds is 2. The Morgan fingerprint density at radius 3 is 2.19 bits per heavy atom. The van der Waals surface area contributed by atoms with Crippen molar-refractivity contribution in [3.05, 3.63) is 29.8 Å². The Balaban J connectivity index is 2.12. The van der Waals surface area contributed by atoms with E-state index in [4.69, 9.17) is 4.74 Å². The van der Waals surface area contributed by atoms with Crippen LogP contribution in [0.2, 0.25) is 0 Å². The summed E-state index contributed by atoms with van der Waals surface area (Å²) < 4.78 is 5.32. The van der Waals surface area contributed by atoms with Gasteiger partial charge in [0.15, 0.2) is 0 Å². The number of nitrogens with zero attached hydrogens (tertiary/aromatic N) is 1. The maximum absolute atomic E-state index is 9.86. The van der Waals surface area contributed by atoms with Crippen LogP contribution in [0.4, 0.5) is 5.69 Å². The van der Waals surface area contributed by atoms with Gasteiger partial charge in [-0.05, 0) is 31.5 Å². The number of ether oxygens (including phenoxy) is 1. The van der Waals surface area contributed by atoms with Crippen LogP contribution in [-0.2, 0) is 10.3 Å². The summed E-state index contributed by atoms with van der Waals surface area (Å²) in [7, 11) is 0. The molecule has 1 heterocycles. The molecule has 16 heavy (non-hydrogen) atoms. The van der Waals surface area contributed by atoms with E-state index in [9.17, 15) is 5.11 Å². The molecule has 0 spiro atoms. The number of aliphatic hydroxyl groups is 1. The molecule has 1 aromatic carbocycles. The molecule has 1 N–H and O–H groups in total. The summed E-state index contributed by atoms with van der Waals surface area (Å²) in [6.45, 7) is 7.09. The van der Waals surface area contributed by atoms with E-state index in [1.54, 1.807) is 13.8 Å². The summed E-state index contributed by atoms with van der Waals surface area (Å²) in [6, 6.07) is 8.12. The third kappa shape index (κ3) is 2.54. The second-order valence-electron chi connectivity index (χ2n) is 4.71. The van der Waals surface area contributed by atoms with Crippen molar-refractivity contribution in [2.45, 2.75) is 19.4 Å². The Kier molecular flexibility index (Phi) is 3.17. The van der Waals surface area contributed by atoms with E-state index >= 15 is 0 Å². The van der Waals surface area contributed by atoms with Crippen molar-refractivity contribution in [2.24, 2.45) is 0 Å². The SMILES string of the molecule is CC(C)(O)c1ccc(N2CCOCC2)cc1. The van der Waals surface area contributed by atoms with E-state index in [1.807, 2.05) is 12.1 Å². The molecule has 1 aliphatic rings. The molecule has 3 heteroatoms. The van der Waals surface area contributed by atoms with Gasteiger partial charge < -0.3 is 14.7 Å². The molecule has 0 aromatic heterocycles. The zero-order chi connectivity index (χ0) is 11.6. The molecule has 0 radical (unpaired) electrons. The normalized spacial score (nSPS) is 17.6. The van der Waals surface area contributed by atoms with Crippen molar-refractivity contribution in [1.82, 2.24) is 0 Å². The van der Waals surface area contributed by atoms with Crippen molar-refractivity contribution in [2.75, 3.05) is 31.2 Å². The van der Waals surface area contributed by atoms with Gasteiger partial charge in [-0.3, -0.25) is 0 Å². The molecule has 1 saturated heterocycles. The summed E-state index contributed by atoms with van der Waals surface area (Å²) in [5.74, 6) is 0. The molecule has 1 aromatic rings. The number of morpholine rings is 1. The van der Waals surface area contributed by atoms with Crippen LogP contribution in [-0.4, -0.2) is 31.4 Å². The third-order valence-electron chi connectivity index (χ3n) is 2.95. The molecule has 2 rings (SSSR count). The van der Waals surface area contributed by atoms with E-state index in [2.05, 4.69) is 17.0 Å². The van der Waals surface area contributed by atoms with Gasteiger partial charge in [-0.15, -0.1) is 0 Å². The predicted molar refractivity (Wildman–Crippen MR) is 64.7 cm³/mol. The average Bonchev–Trinajstić information content (AvgIpc) is 2.29. The predicted octanol–water partition coefficient (Wildman–Crippen LogP) is 1.75. The van der Waals surface area contributed by atoms with Crippen LogP contribution in [0.15, 0.2) is 24.3 Å². The molecule has 1 aliphatic heterocycles. The average molecular weight is 221 g/mol. The highest BCUT2D eigenvalue weighted by molar-refractivity contribution is 5.48. The molecule has 0 unspecified atom stereocenters. The maximum Gasteiger partial charge on any atom is 0.0840 e. The molecule has 0 bridgehead atoms. The van der Waals surface area contributed by atoms with Crippen molar-refractivity contribution in [3.8, 4) is 0 Å². The summed E-state index contributed by atoms with van der Waals surface area (Å²) in [5.41, 5.74) is 1.39. The van der Waals surface area contributed by atoms with Gasteiger partial charge >= 0.3 is 0 Å². The Morgan fingerprint density at radius 2 is 1.69 bits per heavy atom. The molecular weight excluding hydrogens is 202 g/mol. The maximum atomic E-state index is 9.86. The Hall–Kier alpha value is -1.06. The lowest BCUT2D eigenvalue weighted by Crippen LogP contribution is -2.36. The molecular formula is C13H19NO2. The number of benzene rings is 1. The number of hydrogen-bond acceptors (Lipinski definition) is 3. The molecule has 88 valence electrons. The summed E-state index contributed by atoms with van der Waals surface area (Å²) >= 11 is 0. The minimum atomic E-state index is -0.760. The van der Waals surface area contributed by atoms with Crippen LogP contribution in [0.3, 0.4) is 0 Å². The fourth-order valence-corrected chi connectivity index (χ4v) is 1.90. The highest BCUT2D eigenvalue weighted by Crippen LogP contribution is 2.23. The summed E-state index contributed by atoms with van der Waals surface area (Å²) in [5, 5.41) is 9.86. The van der Waals surface area contributed by atoms with Gasteiger partial charge in [-0.25, -0.2) is 0 Å². The van der Waals surface area contributed by atoms with Crippen molar-refractivity contribution >= 4 is 5.69 Å². The van der Waals surface area contributed by atoms with Gasteiger partial charge in [-0.2, -0.15) is 0 Å².